The second-order valence-electron chi connectivity index (χ2n) is 4.08. The molecular weight excluding hydrogens is 294 g/mol. The Morgan fingerprint density at radius 1 is 1.39 bits per heavy atom. The molecule has 0 atom stereocenters. The van der Waals surface area contributed by atoms with Crippen molar-refractivity contribution in [1.29, 1.82) is 0 Å². The zero-order chi connectivity index (χ0) is 13.1. The van der Waals surface area contributed by atoms with Crippen molar-refractivity contribution in [3.63, 3.8) is 0 Å². The summed E-state index contributed by atoms with van der Waals surface area (Å²) in [5.74, 6) is -0.190. The Morgan fingerprint density at radius 2 is 2.06 bits per heavy atom. The zero-order valence-electron chi connectivity index (χ0n) is 10.3. The van der Waals surface area contributed by atoms with Gasteiger partial charge >= 0.3 is 0 Å². The molecular formula is C13H14BrN3O. The first kappa shape index (κ1) is 12.8. The number of nitrogens with one attached hydrogen (secondary N) is 1. The van der Waals surface area contributed by atoms with Crippen LogP contribution in [0.4, 0.5) is 5.69 Å². The molecule has 0 radical (unpaired) electrons. The van der Waals surface area contributed by atoms with E-state index in [0.717, 1.165) is 16.7 Å². The molecule has 0 aliphatic rings. The number of aryl methyl sites for hydroxylation is 2. The average molecular weight is 308 g/mol. The van der Waals surface area contributed by atoms with Crippen LogP contribution in [-0.2, 0) is 12.4 Å². The number of hydrogen-bond donors (Lipinski definition) is 1. The molecule has 1 amide bonds. The summed E-state index contributed by atoms with van der Waals surface area (Å²) in [6.45, 7) is 1.91. The van der Waals surface area contributed by atoms with Gasteiger partial charge in [-0.15, -0.1) is 0 Å². The summed E-state index contributed by atoms with van der Waals surface area (Å²) in [5.41, 5.74) is 3.32. The van der Waals surface area contributed by atoms with Crippen molar-refractivity contribution in [1.82, 2.24) is 9.78 Å². The highest BCUT2D eigenvalue weighted by molar-refractivity contribution is 9.08. The summed E-state index contributed by atoms with van der Waals surface area (Å²) >= 11 is 3.38. The minimum atomic E-state index is -0.190. The average Bonchev–Trinajstić information content (AvgIpc) is 2.71. The molecule has 2 aromatic rings. The second-order valence-corrected chi connectivity index (χ2v) is 4.64. The number of rotatable bonds is 3. The third kappa shape index (κ3) is 2.79. The molecule has 0 unspecified atom stereocenters. The van der Waals surface area contributed by atoms with Gasteiger partial charge in [-0.2, -0.15) is 5.10 Å². The van der Waals surface area contributed by atoms with E-state index in [0.29, 0.717) is 5.69 Å². The van der Waals surface area contributed by atoms with Gasteiger partial charge in [0.2, 0.25) is 0 Å². The third-order valence-electron chi connectivity index (χ3n) is 2.71. The van der Waals surface area contributed by atoms with E-state index in [9.17, 15) is 4.79 Å². The fraction of sp³-hybridized carbons (Fsp3) is 0.231. The van der Waals surface area contributed by atoms with Crippen LogP contribution in [0, 0.1) is 6.92 Å². The Hall–Kier alpha value is -1.62. The van der Waals surface area contributed by atoms with Gasteiger partial charge in [0.1, 0.15) is 0 Å². The zero-order valence-corrected chi connectivity index (χ0v) is 11.9. The number of benzene rings is 1. The van der Waals surface area contributed by atoms with E-state index in [1.807, 2.05) is 38.2 Å². The topological polar surface area (TPSA) is 46.9 Å². The molecule has 1 aromatic carbocycles. The van der Waals surface area contributed by atoms with E-state index in [-0.39, 0.29) is 5.91 Å². The fourth-order valence-electron chi connectivity index (χ4n) is 1.54. The van der Waals surface area contributed by atoms with Gasteiger partial charge in [-0.05, 0) is 30.7 Å². The van der Waals surface area contributed by atoms with Crippen molar-refractivity contribution < 1.29 is 4.79 Å². The number of halogens is 1. The van der Waals surface area contributed by atoms with Gasteiger partial charge in [0.05, 0.1) is 0 Å². The number of anilines is 1. The molecule has 0 saturated heterocycles. The number of carbonyl (C=O) groups is 1. The van der Waals surface area contributed by atoms with E-state index in [1.165, 1.54) is 5.56 Å². The Labute approximate surface area is 114 Å². The molecule has 1 N–H and O–H groups in total. The summed E-state index contributed by atoms with van der Waals surface area (Å²) in [4.78, 5) is 11.9. The quantitative estimate of drug-likeness (QED) is 0.886. The number of carbonyl (C=O) groups excluding carboxylic acids is 1. The van der Waals surface area contributed by atoms with Gasteiger partial charge in [0, 0.05) is 23.8 Å². The van der Waals surface area contributed by atoms with Gasteiger partial charge in [-0.3, -0.25) is 9.48 Å². The van der Waals surface area contributed by atoms with Gasteiger partial charge in [-0.25, -0.2) is 0 Å². The Balaban J connectivity index is 2.10. The maximum Gasteiger partial charge on any atom is 0.276 e. The van der Waals surface area contributed by atoms with Crippen LogP contribution in [0.1, 0.15) is 21.7 Å². The second kappa shape index (κ2) is 5.35. The van der Waals surface area contributed by atoms with Crippen LogP contribution in [0.3, 0.4) is 0 Å². The van der Waals surface area contributed by atoms with Crippen LogP contribution < -0.4 is 5.32 Å². The van der Waals surface area contributed by atoms with Crippen LogP contribution >= 0.6 is 15.9 Å². The number of alkyl halides is 1. The smallest absolute Gasteiger partial charge is 0.276 e. The van der Waals surface area contributed by atoms with Crippen molar-refractivity contribution in [3.05, 3.63) is 47.3 Å². The first-order valence-corrected chi connectivity index (χ1v) is 6.69. The van der Waals surface area contributed by atoms with E-state index in [2.05, 4.69) is 26.3 Å². The summed E-state index contributed by atoms with van der Waals surface area (Å²) in [6.07, 6.45) is 0. The minimum Gasteiger partial charge on any atom is -0.321 e. The molecule has 5 heteroatoms. The van der Waals surface area contributed by atoms with Crippen molar-refractivity contribution in [3.8, 4) is 0 Å². The van der Waals surface area contributed by atoms with Crippen LogP contribution in [0.25, 0.3) is 0 Å². The van der Waals surface area contributed by atoms with Gasteiger partial charge in [0.15, 0.2) is 5.69 Å². The first-order chi connectivity index (χ1) is 8.60. The Bertz CT molecular complexity index is 541. The van der Waals surface area contributed by atoms with Crippen LogP contribution in [-0.4, -0.2) is 15.7 Å². The molecule has 2 rings (SSSR count). The lowest BCUT2D eigenvalue weighted by molar-refractivity contribution is 0.102. The summed E-state index contributed by atoms with van der Waals surface area (Å²) in [6, 6.07) is 9.46. The molecule has 0 saturated carbocycles. The van der Waals surface area contributed by atoms with Crippen LogP contribution in [0.2, 0.25) is 0 Å². The third-order valence-corrected chi connectivity index (χ3v) is 3.36. The van der Waals surface area contributed by atoms with Gasteiger partial charge in [0.25, 0.3) is 5.91 Å². The number of amides is 1. The largest absolute Gasteiger partial charge is 0.321 e. The van der Waals surface area contributed by atoms with Crippen molar-refractivity contribution in [2.45, 2.75) is 12.3 Å². The molecule has 1 aromatic heterocycles. The first-order valence-electron chi connectivity index (χ1n) is 5.57. The molecule has 0 fully saturated rings. The maximum absolute atomic E-state index is 11.9. The maximum atomic E-state index is 11.9. The SMILES string of the molecule is Cc1cc(C(=O)Nc2ccc(CBr)cc2)nn1C. The normalized spacial score (nSPS) is 10.4. The molecule has 0 aliphatic carbocycles. The van der Waals surface area contributed by atoms with E-state index in [1.54, 1.807) is 10.7 Å². The van der Waals surface area contributed by atoms with Crippen LogP contribution in [0.15, 0.2) is 30.3 Å². The lowest BCUT2D eigenvalue weighted by Crippen LogP contribution is -2.12. The monoisotopic (exact) mass is 307 g/mol. The Morgan fingerprint density at radius 3 is 2.56 bits per heavy atom. The molecule has 0 aliphatic heterocycles. The van der Waals surface area contributed by atoms with Gasteiger partial charge < -0.3 is 5.32 Å². The highest BCUT2D eigenvalue weighted by Crippen LogP contribution is 2.13. The standard InChI is InChI=1S/C13H14BrN3O/c1-9-7-12(16-17(9)2)13(18)15-11-5-3-10(8-14)4-6-11/h3-7H,8H2,1-2H3,(H,15,18). The number of hydrogen-bond acceptors (Lipinski definition) is 2. The van der Waals surface area contributed by atoms with Crippen LogP contribution in [0.5, 0.6) is 0 Å². The Kier molecular flexibility index (Phi) is 3.81. The summed E-state index contributed by atoms with van der Waals surface area (Å²) < 4.78 is 1.68. The van der Waals surface area contributed by atoms with Crippen molar-refractivity contribution in [2.75, 3.05) is 5.32 Å². The summed E-state index contributed by atoms with van der Waals surface area (Å²) in [5, 5.41) is 7.76. The predicted octanol–water partition coefficient (Wildman–Crippen LogP) is 2.88. The number of aromatic nitrogens is 2. The van der Waals surface area contributed by atoms with E-state index >= 15 is 0 Å². The highest BCUT2D eigenvalue weighted by Gasteiger charge is 2.10. The minimum absolute atomic E-state index is 0.190. The highest BCUT2D eigenvalue weighted by atomic mass is 79.9. The molecule has 1 heterocycles. The molecule has 18 heavy (non-hydrogen) atoms. The fourth-order valence-corrected chi connectivity index (χ4v) is 1.92. The van der Waals surface area contributed by atoms with E-state index < -0.39 is 0 Å². The lowest BCUT2D eigenvalue weighted by atomic mass is 10.2. The predicted molar refractivity (Wildman–Crippen MR) is 75.0 cm³/mol. The van der Waals surface area contributed by atoms with E-state index in [4.69, 9.17) is 0 Å². The molecule has 4 nitrogen and oxygen atoms in total. The van der Waals surface area contributed by atoms with Crippen molar-refractivity contribution in [2.24, 2.45) is 7.05 Å². The van der Waals surface area contributed by atoms with Crippen molar-refractivity contribution >= 4 is 27.5 Å². The summed E-state index contributed by atoms with van der Waals surface area (Å²) in [7, 11) is 1.82. The number of nitrogens with zero attached hydrogens (tertiary/aromatic N) is 2. The lowest BCUT2D eigenvalue weighted by Gasteiger charge is -2.03. The van der Waals surface area contributed by atoms with Gasteiger partial charge in [-0.1, -0.05) is 28.1 Å². The molecule has 0 bridgehead atoms. The molecule has 0 spiro atoms. The molecule has 94 valence electrons.